The lowest BCUT2D eigenvalue weighted by atomic mass is 10.1. The largest absolute Gasteiger partial charge is 0.497 e. The van der Waals surface area contributed by atoms with Crippen LogP contribution >= 0.6 is 0 Å². The number of aromatic amines is 1. The predicted molar refractivity (Wildman–Crippen MR) is 71.5 cm³/mol. The highest BCUT2D eigenvalue weighted by Gasteiger charge is 2.12. The van der Waals surface area contributed by atoms with Crippen molar-refractivity contribution in [1.82, 2.24) is 10.3 Å². The van der Waals surface area contributed by atoms with Crippen LogP contribution in [0.3, 0.4) is 0 Å². The quantitative estimate of drug-likeness (QED) is 0.863. The highest BCUT2D eigenvalue weighted by molar-refractivity contribution is 5.97. The van der Waals surface area contributed by atoms with Gasteiger partial charge in [-0.15, -0.1) is 0 Å². The average Bonchev–Trinajstić information content (AvgIpc) is 2.97. The molecule has 2 rings (SSSR count). The monoisotopic (exact) mass is 260 g/mol. The summed E-state index contributed by atoms with van der Waals surface area (Å²) in [5, 5.41) is 2.83. The third-order valence-electron chi connectivity index (χ3n) is 2.77. The van der Waals surface area contributed by atoms with E-state index in [0.29, 0.717) is 23.6 Å². The van der Waals surface area contributed by atoms with Gasteiger partial charge in [0.25, 0.3) is 5.91 Å². The molecule has 5 nitrogen and oxygen atoms in total. The number of carbonyl (C=O) groups excluding carboxylic acids is 1. The second kappa shape index (κ2) is 5.95. The fourth-order valence-electron chi connectivity index (χ4n) is 1.73. The third-order valence-corrected chi connectivity index (χ3v) is 2.77. The summed E-state index contributed by atoms with van der Waals surface area (Å²) >= 11 is 0. The lowest BCUT2D eigenvalue weighted by Crippen LogP contribution is -2.23. The van der Waals surface area contributed by atoms with Crippen LogP contribution in [0.25, 0.3) is 0 Å². The molecule has 0 radical (unpaired) electrons. The van der Waals surface area contributed by atoms with Crippen molar-refractivity contribution in [2.75, 3.05) is 14.2 Å². The van der Waals surface area contributed by atoms with Crippen LogP contribution in [0.1, 0.15) is 15.9 Å². The Labute approximate surface area is 111 Å². The van der Waals surface area contributed by atoms with Gasteiger partial charge in [0.1, 0.15) is 11.5 Å². The summed E-state index contributed by atoms with van der Waals surface area (Å²) in [6, 6.07) is 7.01. The van der Waals surface area contributed by atoms with Gasteiger partial charge in [-0.2, -0.15) is 0 Å². The van der Waals surface area contributed by atoms with Crippen LogP contribution in [-0.2, 0) is 6.54 Å². The number of nitrogens with one attached hydrogen (secondary N) is 2. The van der Waals surface area contributed by atoms with Gasteiger partial charge >= 0.3 is 0 Å². The number of hydrogen-bond donors (Lipinski definition) is 2. The highest BCUT2D eigenvalue weighted by Crippen LogP contribution is 2.24. The molecule has 0 saturated heterocycles. The highest BCUT2D eigenvalue weighted by atomic mass is 16.5. The lowest BCUT2D eigenvalue weighted by molar-refractivity contribution is 0.0948. The van der Waals surface area contributed by atoms with Crippen molar-refractivity contribution >= 4 is 5.91 Å². The van der Waals surface area contributed by atoms with E-state index in [1.807, 2.05) is 18.5 Å². The van der Waals surface area contributed by atoms with Crippen molar-refractivity contribution in [1.29, 1.82) is 0 Å². The Morgan fingerprint density at radius 2 is 2.11 bits per heavy atom. The minimum Gasteiger partial charge on any atom is -0.497 e. The predicted octanol–water partition coefficient (Wildman–Crippen LogP) is 1.96. The van der Waals surface area contributed by atoms with Crippen molar-refractivity contribution in [3.05, 3.63) is 47.8 Å². The first kappa shape index (κ1) is 13.0. The summed E-state index contributed by atoms with van der Waals surface area (Å²) in [4.78, 5) is 15.0. The van der Waals surface area contributed by atoms with E-state index in [2.05, 4.69) is 10.3 Å². The zero-order valence-electron chi connectivity index (χ0n) is 10.9. The van der Waals surface area contributed by atoms with E-state index < -0.39 is 0 Å². The Balaban J connectivity index is 2.09. The standard InChI is InChI=1S/C14H16N2O3/c1-18-11-3-4-12(13(7-11)19-2)14(17)16-9-10-5-6-15-8-10/h3-8,15H,9H2,1-2H3,(H,16,17). The molecule has 0 aliphatic heterocycles. The van der Waals surface area contributed by atoms with Crippen molar-refractivity contribution < 1.29 is 14.3 Å². The summed E-state index contributed by atoms with van der Waals surface area (Å²) in [5.74, 6) is 0.964. The van der Waals surface area contributed by atoms with E-state index in [-0.39, 0.29) is 5.91 Å². The van der Waals surface area contributed by atoms with Gasteiger partial charge in [-0.25, -0.2) is 0 Å². The number of rotatable bonds is 5. The van der Waals surface area contributed by atoms with Crippen LogP contribution in [0.5, 0.6) is 11.5 Å². The van der Waals surface area contributed by atoms with E-state index in [4.69, 9.17) is 9.47 Å². The molecule has 1 aromatic heterocycles. The average molecular weight is 260 g/mol. The number of hydrogen-bond acceptors (Lipinski definition) is 3. The molecule has 5 heteroatoms. The maximum atomic E-state index is 12.1. The molecule has 0 spiro atoms. The number of carbonyl (C=O) groups is 1. The molecule has 0 aliphatic carbocycles. The zero-order valence-corrected chi connectivity index (χ0v) is 10.9. The maximum Gasteiger partial charge on any atom is 0.255 e. The van der Waals surface area contributed by atoms with E-state index in [9.17, 15) is 4.79 Å². The molecule has 0 saturated carbocycles. The van der Waals surface area contributed by atoms with Crippen LogP contribution in [0.4, 0.5) is 0 Å². The topological polar surface area (TPSA) is 63.3 Å². The number of amides is 1. The SMILES string of the molecule is COc1ccc(C(=O)NCc2cc[nH]c2)c(OC)c1. The Hall–Kier alpha value is -2.43. The van der Waals surface area contributed by atoms with E-state index in [1.165, 1.54) is 7.11 Å². The zero-order chi connectivity index (χ0) is 13.7. The fourth-order valence-corrected chi connectivity index (χ4v) is 1.73. The fraction of sp³-hybridized carbons (Fsp3) is 0.214. The minimum atomic E-state index is -0.180. The van der Waals surface area contributed by atoms with Gasteiger partial charge in [-0.05, 0) is 23.8 Å². The Kier molecular flexibility index (Phi) is 4.07. The van der Waals surface area contributed by atoms with Gasteiger partial charge in [0, 0.05) is 25.0 Å². The van der Waals surface area contributed by atoms with Gasteiger partial charge in [0.05, 0.1) is 19.8 Å². The van der Waals surface area contributed by atoms with Gasteiger partial charge in [-0.3, -0.25) is 4.79 Å². The van der Waals surface area contributed by atoms with Crippen LogP contribution < -0.4 is 14.8 Å². The number of ether oxygens (including phenoxy) is 2. The molecule has 0 unspecified atom stereocenters. The molecule has 19 heavy (non-hydrogen) atoms. The van der Waals surface area contributed by atoms with Gasteiger partial charge < -0.3 is 19.8 Å². The van der Waals surface area contributed by atoms with Crippen molar-refractivity contribution in [3.8, 4) is 11.5 Å². The molecule has 2 N–H and O–H groups in total. The smallest absolute Gasteiger partial charge is 0.255 e. The minimum absolute atomic E-state index is 0.180. The summed E-state index contributed by atoms with van der Waals surface area (Å²) in [6.07, 6.45) is 3.65. The number of aromatic nitrogens is 1. The molecule has 0 atom stereocenters. The van der Waals surface area contributed by atoms with Crippen LogP contribution in [0.15, 0.2) is 36.7 Å². The Morgan fingerprint density at radius 3 is 2.74 bits per heavy atom. The van der Waals surface area contributed by atoms with E-state index >= 15 is 0 Å². The third kappa shape index (κ3) is 3.07. The normalized spacial score (nSPS) is 10.0. The summed E-state index contributed by atoms with van der Waals surface area (Å²) in [5.41, 5.74) is 1.50. The molecule has 100 valence electrons. The summed E-state index contributed by atoms with van der Waals surface area (Å²) < 4.78 is 10.3. The molecule has 1 aromatic carbocycles. The van der Waals surface area contributed by atoms with E-state index in [1.54, 1.807) is 25.3 Å². The second-order valence-corrected chi connectivity index (χ2v) is 3.97. The molecule has 0 aliphatic rings. The van der Waals surface area contributed by atoms with Crippen molar-refractivity contribution in [2.45, 2.75) is 6.54 Å². The molecule has 1 heterocycles. The second-order valence-electron chi connectivity index (χ2n) is 3.97. The van der Waals surface area contributed by atoms with Crippen LogP contribution in [0, 0.1) is 0 Å². The summed E-state index contributed by atoms with van der Waals surface area (Å²) in [6.45, 7) is 0.470. The molecular formula is C14H16N2O3. The molecule has 2 aromatic rings. The first-order valence-corrected chi connectivity index (χ1v) is 5.86. The van der Waals surface area contributed by atoms with Crippen LogP contribution in [0.2, 0.25) is 0 Å². The van der Waals surface area contributed by atoms with E-state index in [0.717, 1.165) is 5.56 Å². The maximum absolute atomic E-state index is 12.1. The number of benzene rings is 1. The van der Waals surface area contributed by atoms with Gasteiger partial charge in [0.15, 0.2) is 0 Å². The lowest BCUT2D eigenvalue weighted by Gasteiger charge is -2.10. The number of H-pyrrole nitrogens is 1. The Bertz CT molecular complexity index is 550. The molecule has 1 amide bonds. The first-order chi connectivity index (χ1) is 9.24. The van der Waals surface area contributed by atoms with Crippen LogP contribution in [-0.4, -0.2) is 25.1 Å². The van der Waals surface area contributed by atoms with Gasteiger partial charge in [0.2, 0.25) is 0 Å². The summed E-state index contributed by atoms with van der Waals surface area (Å²) in [7, 11) is 3.10. The number of methoxy groups -OCH3 is 2. The molecule has 0 bridgehead atoms. The Morgan fingerprint density at radius 1 is 1.26 bits per heavy atom. The molecular weight excluding hydrogens is 244 g/mol. The van der Waals surface area contributed by atoms with Crippen molar-refractivity contribution in [3.63, 3.8) is 0 Å². The van der Waals surface area contributed by atoms with Gasteiger partial charge in [-0.1, -0.05) is 0 Å². The first-order valence-electron chi connectivity index (χ1n) is 5.86. The van der Waals surface area contributed by atoms with Crippen molar-refractivity contribution in [2.24, 2.45) is 0 Å². The molecule has 0 fully saturated rings.